The monoisotopic (exact) mass is 450 g/mol. The Kier molecular flexibility index (Phi) is 5.48. The summed E-state index contributed by atoms with van der Waals surface area (Å²) in [6, 6.07) is 4.45. The Morgan fingerprint density at radius 3 is 2.60 bits per heavy atom. The van der Waals surface area contributed by atoms with Crippen molar-refractivity contribution in [2.24, 2.45) is 5.73 Å². The van der Waals surface area contributed by atoms with Crippen LogP contribution < -0.4 is 5.73 Å². The fourth-order valence-corrected chi connectivity index (χ4v) is 4.73. The molecule has 0 saturated heterocycles. The van der Waals surface area contributed by atoms with Crippen LogP contribution >= 0.6 is 38.9 Å². The molecule has 2 heterocycles. The van der Waals surface area contributed by atoms with E-state index in [1.807, 2.05) is 11.4 Å². The average Bonchev–Trinajstić information content (AvgIpc) is 3.09. The highest BCUT2D eigenvalue weighted by Crippen LogP contribution is 2.43. The van der Waals surface area contributed by atoms with Gasteiger partial charge in [0.25, 0.3) is 0 Å². The van der Waals surface area contributed by atoms with E-state index in [4.69, 9.17) is 17.3 Å². The lowest BCUT2D eigenvalue weighted by Crippen LogP contribution is -2.05. The minimum absolute atomic E-state index is 0.0787. The van der Waals surface area contributed by atoms with Crippen LogP contribution in [0.25, 0.3) is 21.5 Å². The number of aromatic nitrogens is 1. The van der Waals surface area contributed by atoms with Crippen molar-refractivity contribution in [3.05, 3.63) is 44.2 Å². The van der Waals surface area contributed by atoms with Crippen LogP contribution in [0.4, 0.5) is 13.2 Å². The molecule has 8 heteroatoms. The molecule has 0 aliphatic rings. The number of benzene rings is 1. The maximum Gasteiger partial charge on any atom is 0.418 e. The van der Waals surface area contributed by atoms with Gasteiger partial charge in [0, 0.05) is 14.9 Å². The van der Waals surface area contributed by atoms with E-state index >= 15 is 0 Å². The maximum absolute atomic E-state index is 13.5. The second-order valence-electron chi connectivity index (χ2n) is 5.70. The zero-order valence-corrected chi connectivity index (χ0v) is 16.2. The van der Waals surface area contributed by atoms with Gasteiger partial charge in [-0.05, 0) is 70.9 Å². The molecule has 0 aliphatic carbocycles. The molecule has 0 fully saturated rings. The molecule has 134 valence electrons. The number of halogens is 5. The summed E-state index contributed by atoms with van der Waals surface area (Å²) in [4.78, 5) is 3.89. The molecule has 3 aromatic rings. The number of alkyl halides is 3. The first kappa shape index (κ1) is 18.8. The predicted octanol–water partition coefficient (Wildman–Crippen LogP) is 6.61. The summed E-state index contributed by atoms with van der Waals surface area (Å²) >= 11 is 10.9. The van der Waals surface area contributed by atoms with Gasteiger partial charge in [0.05, 0.1) is 21.7 Å². The summed E-state index contributed by atoms with van der Waals surface area (Å²) in [5.41, 5.74) is 6.45. The maximum atomic E-state index is 13.5. The molecule has 0 radical (unpaired) electrons. The number of hydrogen-bond acceptors (Lipinski definition) is 2. The topological polar surface area (TPSA) is 41.8 Å². The normalized spacial score (nSPS) is 12.2. The van der Waals surface area contributed by atoms with Crippen LogP contribution in [0, 0.1) is 0 Å². The molecule has 3 rings (SSSR count). The van der Waals surface area contributed by atoms with Gasteiger partial charge in [-0.2, -0.15) is 13.2 Å². The van der Waals surface area contributed by atoms with Gasteiger partial charge in [-0.1, -0.05) is 11.6 Å². The van der Waals surface area contributed by atoms with E-state index in [1.54, 1.807) is 6.07 Å². The minimum atomic E-state index is -4.48. The van der Waals surface area contributed by atoms with E-state index in [2.05, 4.69) is 20.9 Å². The highest BCUT2D eigenvalue weighted by atomic mass is 79.9. The van der Waals surface area contributed by atoms with Crippen LogP contribution in [0.15, 0.2) is 28.1 Å². The fourth-order valence-electron chi connectivity index (χ4n) is 2.91. The SMILES string of the molecule is NCCCCc1c(-c2sccc2Br)[nH]c2c(C(F)(F)F)cc(Cl)cc12. The van der Waals surface area contributed by atoms with Crippen LogP contribution in [0.3, 0.4) is 0 Å². The molecule has 0 saturated carbocycles. The molecular formula is C17H15BrClF3N2S. The van der Waals surface area contributed by atoms with Crippen LogP contribution in [0.2, 0.25) is 5.02 Å². The largest absolute Gasteiger partial charge is 0.418 e. The summed E-state index contributed by atoms with van der Waals surface area (Å²) in [6.45, 7) is 0.551. The van der Waals surface area contributed by atoms with Gasteiger partial charge in [0.2, 0.25) is 0 Å². The summed E-state index contributed by atoms with van der Waals surface area (Å²) in [6.07, 6.45) is -2.24. The predicted molar refractivity (Wildman–Crippen MR) is 101 cm³/mol. The Labute approximate surface area is 160 Å². The van der Waals surface area contributed by atoms with Crippen molar-refractivity contribution in [3.8, 4) is 10.6 Å². The van der Waals surface area contributed by atoms with E-state index in [0.717, 1.165) is 33.8 Å². The number of unbranched alkanes of at least 4 members (excludes halogenated alkanes) is 1. The number of thiophene rings is 1. The Morgan fingerprint density at radius 2 is 2.00 bits per heavy atom. The smallest absolute Gasteiger partial charge is 0.353 e. The summed E-state index contributed by atoms with van der Waals surface area (Å²) in [5, 5.41) is 2.49. The molecule has 2 aromatic heterocycles. The fraction of sp³-hybridized carbons (Fsp3) is 0.294. The zero-order chi connectivity index (χ0) is 18.2. The second kappa shape index (κ2) is 7.31. The van der Waals surface area contributed by atoms with Crippen molar-refractivity contribution in [3.63, 3.8) is 0 Å². The minimum Gasteiger partial charge on any atom is -0.353 e. The Morgan fingerprint density at radius 1 is 1.24 bits per heavy atom. The summed E-state index contributed by atoms with van der Waals surface area (Å²) in [7, 11) is 0. The lowest BCUT2D eigenvalue weighted by Gasteiger charge is -2.09. The molecule has 0 aliphatic heterocycles. The quantitative estimate of drug-likeness (QED) is 0.421. The lowest BCUT2D eigenvalue weighted by atomic mass is 10.0. The third-order valence-electron chi connectivity index (χ3n) is 4.01. The Hall–Kier alpha value is -1.02. The highest BCUT2D eigenvalue weighted by molar-refractivity contribution is 9.10. The molecule has 0 spiro atoms. The molecule has 0 atom stereocenters. The molecule has 3 N–H and O–H groups in total. The van der Waals surface area contributed by atoms with Crippen molar-refractivity contribution in [1.82, 2.24) is 4.98 Å². The van der Waals surface area contributed by atoms with Gasteiger partial charge in [-0.25, -0.2) is 0 Å². The number of fused-ring (bicyclic) bond motifs is 1. The number of nitrogens with one attached hydrogen (secondary N) is 1. The van der Waals surface area contributed by atoms with Gasteiger partial charge in [-0.15, -0.1) is 11.3 Å². The van der Waals surface area contributed by atoms with E-state index in [1.165, 1.54) is 11.3 Å². The number of rotatable bonds is 5. The van der Waals surface area contributed by atoms with Crippen molar-refractivity contribution in [2.45, 2.75) is 25.4 Å². The number of aryl methyl sites for hydroxylation is 1. The Bertz CT molecular complexity index is 901. The van der Waals surface area contributed by atoms with Crippen LogP contribution in [0.1, 0.15) is 24.0 Å². The number of aromatic amines is 1. The highest BCUT2D eigenvalue weighted by Gasteiger charge is 2.35. The van der Waals surface area contributed by atoms with Crippen molar-refractivity contribution in [1.29, 1.82) is 0 Å². The number of nitrogens with two attached hydrogens (primary N) is 1. The molecule has 1 aromatic carbocycles. The van der Waals surface area contributed by atoms with Crippen molar-refractivity contribution in [2.75, 3.05) is 6.54 Å². The van der Waals surface area contributed by atoms with Crippen molar-refractivity contribution >= 4 is 49.8 Å². The zero-order valence-electron chi connectivity index (χ0n) is 13.0. The van der Waals surface area contributed by atoms with E-state index < -0.39 is 11.7 Å². The summed E-state index contributed by atoms with van der Waals surface area (Å²) in [5.74, 6) is 0. The molecule has 0 unspecified atom stereocenters. The average molecular weight is 452 g/mol. The first-order chi connectivity index (χ1) is 11.8. The lowest BCUT2D eigenvalue weighted by molar-refractivity contribution is -0.136. The second-order valence-corrected chi connectivity index (χ2v) is 7.90. The standard InChI is InChI=1S/C17H15BrClF3N2S/c18-13-4-6-25-16(13)15-10(3-1-2-5-23)11-7-9(19)8-12(14(11)24-15)17(20,21)22/h4,6-8,24H,1-3,5,23H2. The van der Waals surface area contributed by atoms with Crippen LogP contribution in [0.5, 0.6) is 0 Å². The Balaban J connectivity index is 2.27. The van der Waals surface area contributed by atoms with Crippen LogP contribution in [-0.4, -0.2) is 11.5 Å². The molecule has 25 heavy (non-hydrogen) atoms. The third-order valence-corrected chi connectivity index (χ3v) is 6.08. The first-order valence-corrected chi connectivity index (χ1v) is 9.72. The van der Waals surface area contributed by atoms with Crippen molar-refractivity contribution < 1.29 is 13.2 Å². The van der Waals surface area contributed by atoms with Gasteiger partial charge < -0.3 is 10.7 Å². The summed E-state index contributed by atoms with van der Waals surface area (Å²) < 4.78 is 41.2. The van der Waals surface area contributed by atoms with Crippen LogP contribution in [-0.2, 0) is 12.6 Å². The van der Waals surface area contributed by atoms with E-state index in [-0.39, 0.29) is 10.5 Å². The van der Waals surface area contributed by atoms with Gasteiger partial charge in [-0.3, -0.25) is 0 Å². The third kappa shape index (κ3) is 3.74. The van der Waals surface area contributed by atoms with E-state index in [9.17, 15) is 13.2 Å². The molecule has 2 nitrogen and oxygen atoms in total. The first-order valence-electron chi connectivity index (χ1n) is 7.67. The van der Waals surface area contributed by atoms with Gasteiger partial charge in [0.1, 0.15) is 0 Å². The van der Waals surface area contributed by atoms with Gasteiger partial charge in [0.15, 0.2) is 0 Å². The number of hydrogen-bond donors (Lipinski definition) is 2. The molecule has 0 amide bonds. The van der Waals surface area contributed by atoms with E-state index in [0.29, 0.717) is 24.0 Å². The molecular weight excluding hydrogens is 437 g/mol. The number of H-pyrrole nitrogens is 1. The molecule has 0 bridgehead atoms. The van der Waals surface area contributed by atoms with Gasteiger partial charge >= 0.3 is 6.18 Å².